The third kappa shape index (κ3) is 3.75. The summed E-state index contributed by atoms with van der Waals surface area (Å²) in [6, 6.07) is 10.5. The number of nitrogens with one attached hydrogen (secondary N) is 1. The monoisotopic (exact) mass is 250 g/mol. The maximum atomic E-state index is 5.28. The molecule has 1 aliphatic rings. The van der Waals surface area contributed by atoms with E-state index in [4.69, 9.17) is 4.74 Å². The minimum atomic E-state index is 0.464. The molecule has 1 N–H and O–H groups in total. The van der Waals surface area contributed by atoms with Crippen molar-refractivity contribution >= 4 is 16.9 Å². The highest BCUT2D eigenvalue weighted by Gasteiger charge is 2.20. The van der Waals surface area contributed by atoms with Crippen LogP contribution in [0.4, 0.5) is 0 Å². The Morgan fingerprint density at radius 2 is 2.24 bits per heavy atom. The molecule has 0 fully saturated rings. The lowest BCUT2D eigenvalue weighted by Crippen LogP contribution is -2.23. The predicted octanol–water partition coefficient (Wildman–Crippen LogP) is 2.46. The number of hydrogen-bond acceptors (Lipinski definition) is 4. The summed E-state index contributed by atoms with van der Waals surface area (Å²) in [6.45, 7) is 5.22. The smallest absolute Gasteiger partial charge is 0.157 e. The summed E-state index contributed by atoms with van der Waals surface area (Å²) in [4.78, 5) is 4.50. The Kier molecular flexibility index (Phi) is 4.88. The van der Waals surface area contributed by atoms with Crippen molar-refractivity contribution in [2.45, 2.75) is 12.2 Å². The summed E-state index contributed by atoms with van der Waals surface area (Å²) in [5.41, 5.74) is 1.35. The van der Waals surface area contributed by atoms with Crippen molar-refractivity contribution in [3.8, 4) is 0 Å². The van der Waals surface area contributed by atoms with Crippen molar-refractivity contribution in [2.75, 3.05) is 26.3 Å². The number of hydrogen-bond donors (Lipinski definition) is 1. The van der Waals surface area contributed by atoms with E-state index in [0.717, 1.165) is 31.5 Å². The van der Waals surface area contributed by atoms with Gasteiger partial charge in [0.05, 0.1) is 18.4 Å². The number of benzene rings is 1. The van der Waals surface area contributed by atoms with E-state index in [1.807, 2.05) is 13.0 Å². The second kappa shape index (κ2) is 6.67. The van der Waals surface area contributed by atoms with E-state index in [0.29, 0.717) is 5.25 Å². The first-order valence-corrected chi connectivity index (χ1v) is 6.85. The van der Waals surface area contributed by atoms with E-state index in [9.17, 15) is 0 Å². The average Bonchev–Trinajstić information content (AvgIpc) is 2.85. The first kappa shape index (κ1) is 12.5. The van der Waals surface area contributed by atoms with Crippen molar-refractivity contribution in [2.24, 2.45) is 4.99 Å². The molecule has 0 saturated heterocycles. The number of thioether (sulfide) groups is 1. The van der Waals surface area contributed by atoms with E-state index in [1.165, 1.54) is 5.56 Å². The van der Waals surface area contributed by atoms with Crippen LogP contribution in [0.3, 0.4) is 0 Å². The molecule has 0 amide bonds. The fraction of sp³-hybridized carbons (Fsp3) is 0.462. The average molecular weight is 250 g/mol. The molecule has 0 aliphatic carbocycles. The van der Waals surface area contributed by atoms with Gasteiger partial charge in [-0.25, -0.2) is 0 Å². The summed E-state index contributed by atoms with van der Waals surface area (Å²) >= 11 is 1.81. The molecule has 4 heteroatoms. The highest BCUT2D eigenvalue weighted by atomic mass is 32.2. The van der Waals surface area contributed by atoms with Crippen molar-refractivity contribution in [1.82, 2.24) is 5.32 Å². The number of rotatable bonds is 5. The van der Waals surface area contributed by atoms with Crippen LogP contribution in [-0.2, 0) is 4.74 Å². The predicted molar refractivity (Wildman–Crippen MR) is 73.6 cm³/mol. The van der Waals surface area contributed by atoms with Crippen LogP contribution in [0.5, 0.6) is 0 Å². The number of aliphatic imine (C=N–C) groups is 1. The zero-order valence-electron chi connectivity index (χ0n) is 10.1. The van der Waals surface area contributed by atoms with Gasteiger partial charge in [-0.3, -0.25) is 4.99 Å². The molecule has 1 heterocycles. The van der Waals surface area contributed by atoms with Crippen LogP contribution >= 0.6 is 11.8 Å². The molecule has 3 nitrogen and oxygen atoms in total. The summed E-state index contributed by atoms with van der Waals surface area (Å²) in [5.74, 6) is 0. The van der Waals surface area contributed by atoms with Gasteiger partial charge < -0.3 is 10.1 Å². The lowest BCUT2D eigenvalue weighted by Gasteiger charge is -2.09. The van der Waals surface area contributed by atoms with Crippen molar-refractivity contribution < 1.29 is 4.74 Å². The molecule has 0 aromatic heterocycles. The van der Waals surface area contributed by atoms with Gasteiger partial charge in [-0.2, -0.15) is 0 Å². The van der Waals surface area contributed by atoms with Crippen LogP contribution in [0.1, 0.15) is 17.7 Å². The standard InChI is InChI=1S/C13H18N2OS/c1-2-16-9-8-14-13-15-10-12(17-13)11-6-4-3-5-7-11/h3-7,12H,2,8-10H2,1H3,(H,14,15). The molecule has 1 aromatic rings. The van der Waals surface area contributed by atoms with Gasteiger partial charge >= 0.3 is 0 Å². The normalized spacial score (nSPS) is 19.1. The summed E-state index contributed by atoms with van der Waals surface area (Å²) in [5, 5.41) is 4.81. The third-order valence-corrected chi connectivity index (χ3v) is 3.76. The van der Waals surface area contributed by atoms with Crippen molar-refractivity contribution in [3.63, 3.8) is 0 Å². The lowest BCUT2D eigenvalue weighted by atomic mass is 10.1. The van der Waals surface area contributed by atoms with Gasteiger partial charge in [0.1, 0.15) is 0 Å². The SMILES string of the molecule is CCOCCNC1=NCC(c2ccccc2)S1. The van der Waals surface area contributed by atoms with Crippen LogP contribution in [0.2, 0.25) is 0 Å². The fourth-order valence-electron chi connectivity index (χ4n) is 1.69. The van der Waals surface area contributed by atoms with E-state index < -0.39 is 0 Å². The Balaban J connectivity index is 1.75. The Labute approximate surface area is 107 Å². The Bertz CT molecular complexity index is 367. The summed E-state index contributed by atoms with van der Waals surface area (Å²) in [6.07, 6.45) is 0. The highest BCUT2D eigenvalue weighted by molar-refractivity contribution is 8.14. The first-order valence-electron chi connectivity index (χ1n) is 5.98. The zero-order valence-corrected chi connectivity index (χ0v) is 10.9. The molecule has 1 atom stereocenters. The van der Waals surface area contributed by atoms with Gasteiger partial charge in [-0.05, 0) is 12.5 Å². The molecule has 1 aliphatic heterocycles. The van der Waals surface area contributed by atoms with Crippen LogP contribution in [0.15, 0.2) is 35.3 Å². The molecule has 0 bridgehead atoms. The highest BCUT2D eigenvalue weighted by Crippen LogP contribution is 2.33. The molecular weight excluding hydrogens is 232 g/mol. The van der Waals surface area contributed by atoms with E-state index in [-0.39, 0.29) is 0 Å². The van der Waals surface area contributed by atoms with Gasteiger partial charge in [-0.15, -0.1) is 0 Å². The second-order valence-electron chi connectivity index (χ2n) is 3.79. The van der Waals surface area contributed by atoms with E-state index in [1.54, 1.807) is 11.8 Å². The largest absolute Gasteiger partial charge is 0.380 e. The lowest BCUT2D eigenvalue weighted by molar-refractivity contribution is 0.153. The minimum Gasteiger partial charge on any atom is -0.380 e. The van der Waals surface area contributed by atoms with E-state index >= 15 is 0 Å². The maximum Gasteiger partial charge on any atom is 0.157 e. The maximum absolute atomic E-state index is 5.28. The zero-order chi connectivity index (χ0) is 11.9. The number of ether oxygens (including phenoxy) is 1. The molecule has 0 spiro atoms. The van der Waals surface area contributed by atoms with Gasteiger partial charge in [0.25, 0.3) is 0 Å². The van der Waals surface area contributed by atoms with Gasteiger partial charge in [0.15, 0.2) is 5.17 Å². The van der Waals surface area contributed by atoms with Gasteiger partial charge in [-0.1, -0.05) is 42.1 Å². The second-order valence-corrected chi connectivity index (χ2v) is 4.98. The molecule has 1 aromatic carbocycles. The quantitative estimate of drug-likeness (QED) is 0.815. The van der Waals surface area contributed by atoms with Gasteiger partial charge in [0.2, 0.25) is 0 Å². The minimum absolute atomic E-state index is 0.464. The van der Waals surface area contributed by atoms with Gasteiger partial charge in [0, 0.05) is 13.2 Å². The Morgan fingerprint density at radius 1 is 1.41 bits per heavy atom. The Hall–Kier alpha value is -1.00. The molecule has 1 unspecified atom stereocenters. The van der Waals surface area contributed by atoms with Crippen LogP contribution in [0.25, 0.3) is 0 Å². The third-order valence-electron chi connectivity index (χ3n) is 2.55. The summed E-state index contributed by atoms with van der Waals surface area (Å²) < 4.78 is 5.28. The molecule has 17 heavy (non-hydrogen) atoms. The fourth-order valence-corrected chi connectivity index (χ4v) is 2.73. The first-order chi connectivity index (χ1) is 8.40. The molecular formula is C13H18N2OS. The van der Waals surface area contributed by atoms with Crippen LogP contribution in [0, 0.1) is 0 Å². The van der Waals surface area contributed by atoms with E-state index in [2.05, 4.69) is 34.6 Å². The number of amidine groups is 1. The molecule has 0 saturated carbocycles. The topological polar surface area (TPSA) is 33.6 Å². The Morgan fingerprint density at radius 3 is 3.00 bits per heavy atom. The molecule has 2 rings (SSSR count). The van der Waals surface area contributed by atoms with Crippen molar-refractivity contribution in [3.05, 3.63) is 35.9 Å². The molecule has 0 radical (unpaired) electrons. The van der Waals surface area contributed by atoms with Crippen molar-refractivity contribution in [1.29, 1.82) is 0 Å². The van der Waals surface area contributed by atoms with Crippen LogP contribution < -0.4 is 5.32 Å². The summed E-state index contributed by atoms with van der Waals surface area (Å²) in [7, 11) is 0. The molecule has 92 valence electrons. The van der Waals surface area contributed by atoms with Crippen LogP contribution in [-0.4, -0.2) is 31.5 Å². The number of nitrogens with zero attached hydrogens (tertiary/aromatic N) is 1.